The Morgan fingerprint density at radius 1 is 1.25 bits per heavy atom. The van der Waals surface area contributed by atoms with E-state index in [1.807, 2.05) is 0 Å². The molecule has 0 amide bonds. The van der Waals surface area contributed by atoms with E-state index in [4.69, 9.17) is 5.73 Å². The second-order valence-corrected chi connectivity index (χ2v) is 5.19. The van der Waals surface area contributed by atoms with Crippen molar-refractivity contribution in [1.29, 1.82) is 0 Å². The Hall–Kier alpha value is -1.43. The molecule has 1 aromatic rings. The summed E-state index contributed by atoms with van der Waals surface area (Å²) in [5.74, 6) is -1.07. The van der Waals surface area contributed by atoms with Crippen LogP contribution < -0.4 is 5.73 Å². The number of aromatic nitrogens is 1. The SMILES string of the molecule is NC1CCCCCC1C(=O)c1cnccc1C(F)(F)F. The Bertz CT molecular complexity index is 488. The summed E-state index contributed by atoms with van der Waals surface area (Å²) < 4.78 is 38.8. The van der Waals surface area contributed by atoms with Gasteiger partial charge < -0.3 is 5.73 Å². The smallest absolute Gasteiger partial charge is 0.327 e. The van der Waals surface area contributed by atoms with Gasteiger partial charge >= 0.3 is 6.18 Å². The number of hydrogen-bond donors (Lipinski definition) is 1. The largest absolute Gasteiger partial charge is 0.417 e. The van der Waals surface area contributed by atoms with Crippen LogP contribution in [0.25, 0.3) is 0 Å². The highest BCUT2D eigenvalue weighted by Crippen LogP contribution is 2.34. The van der Waals surface area contributed by atoms with Crippen molar-refractivity contribution in [3.8, 4) is 0 Å². The van der Waals surface area contributed by atoms with E-state index in [9.17, 15) is 18.0 Å². The molecule has 20 heavy (non-hydrogen) atoms. The molecular weight excluding hydrogens is 269 g/mol. The van der Waals surface area contributed by atoms with Gasteiger partial charge in [-0.3, -0.25) is 9.78 Å². The number of halogens is 3. The Kier molecular flexibility index (Phi) is 4.42. The summed E-state index contributed by atoms with van der Waals surface area (Å²) in [6.07, 6.45) is 1.44. The van der Waals surface area contributed by atoms with E-state index in [0.717, 1.165) is 37.7 Å². The second-order valence-electron chi connectivity index (χ2n) is 5.19. The minimum Gasteiger partial charge on any atom is -0.327 e. The van der Waals surface area contributed by atoms with Gasteiger partial charge in [0.15, 0.2) is 5.78 Å². The molecule has 0 aliphatic heterocycles. The maximum Gasteiger partial charge on any atom is 0.417 e. The van der Waals surface area contributed by atoms with Crippen LogP contribution in [0.3, 0.4) is 0 Å². The monoisotopic (exact) mass is 286 g/mol. The summed E-state index contributed by atoms with van der Waals surface area (Å²) in [6.45, 7) is 0. The maximum absolute atomic E-state index is 12.9. The number of carbonyl (C=O) groups is 1. The predicted molar refractivity (Wildman–Crippen MR) is 68.1 cm³/mol. The number of rotatable bonds is 2. The van der Waals surface area contributed by atoms with E-state index in [-0.39, 0.29) is 11.6 Å². The topological polar surface area (TPSA) is 56.0 Å². The lowest BCUT2D eigenvalue weighted by Gasteiger charge is -2.21. The van der Waals surface area contributed by atoms with Crippen LogP contribution in [0, 0.1) is 5.92 Å². The van der Waals surface area contributed by atoms with Gasteiger partial charge in [-0.25, -0.2) is 0 Å². The van der Waals surface area contributed by atoms with E-state index >= 15 is 0 Å². The standard InChI is InChI=1S/C14H17F3N2O/c15-14(16,17)11-6-7-19-8-10(11)13(20)9-4-2-1-3-5-12(9)18/h6-9,12H,1-5,18H2. The molecule has 1 aromatic heterocycles. The van der Waals surface area contributed by atoms with Gasteiger partial charge in [0.05, 0.1) is 5.56 Å². The van der Waals surface area contributed by atoms with Crippen LogP contribution >= 0.6 is 0 Å². The van der Waals surface area contributed by atoms with Crippen LogP contribution in [0.2, 0.25) is 0 Å². The van der Waals surface area contributed by atoms with Gasteiger partial charge in [0.25, 0.3) is 0 Å². The van der Waals surface area contributed by atoms with Crippen LogP contribution in [0.4, 0.5) is 13.2 Å². The van der Waals surface area contributed by atoms with Crippen LogP contribution in [0.5, 0.6) is 0 Å². The number of pyridine rings is 1. The molecular formula is C14H17F3N2O. The van der Waals surface area contributed by atoms with Gasteiger partial charge in [-0.05, 0) is 18.9 Å². The molecule has 110 valence electrons. The number of nitrogens with two attached hydrogens (primary N) is 1. The van der Waals surface area contributed by atoms with Crippen molar-refractivity contribution in [2.75, 3.05) is 0 Å². The van der Waals surface area contributed by atoms with Gasteiger partial charge in [0, 0.05) is 29.9 Å². The average molecular weight is 286 g/mol. The highest BCUT2D eigenvalue weighted by atomic mass is 19.4. The number of ketones is 1. The molecule has 2 N–H and O–H groups in total. The quantitative estimate of drug-likeness (QED) is 0.671. The summed E-state index contributed by atoms with van der Waals surface area (Å²) in [4.78, 5) is 16.1. The fourth-order valence-electron chi connectivity index (χ4n) is 2.70. The number of alkyl halides is 3. The van der Waals surface area contributed by atoms with Crippen LogP contribution in [0.1, 0.15) is 48.0 Å². The Morgan fingerprint density at radius 3 is 2.65 bits per heavy atom. The first-order valence-corrected chi connectivity index (χ1v) is 6.72. The minimum absolute atomic E-state index is 0.359. The molecule has 2 atom stereocenters. The first kappa shape index (κ1) is 15.0. The van der Waals surface area contributed by atoms with Crippen molar-refractivity contribution in [2.45, 2.75) is 44.3 Å². The van der Waals surface area contributed by atoms with E-state index in [2.05, 4.69) is 4.98 Å². The first-order valence-electron chi connectivity index (χ1n) is 6.72. The molecule has 6 heteroatoms. The Labute approximate surface area is 115 Å². The summed E-state index contributed by atoms with van der Waals surface area (Å²) in [5.41, 5.74) is 4.67. The van der Waals surface area contributed by atoms with Crippen molar-refractivity contribution >= 4 is 5.78 Å². The summed E-state index contributed by atoms with van der Waals surface area (Å²) in [7, 11) is 0. The lowest BCUT2D eigenvalue weighted by atomic mass is 9.86. The summed E-state index contributed by atoms with van der Waals surface area (Å²) in [5, 5.41) is 0. The second kappa shape index (κ2) is 5.91. The Morgan fingerprint density at radius 2 is 1.95 bits per heavy atom. The fourth-order valence-corrected chi connectivity index (χ4v) is 2.70. The number of Topliss-reactive ketones (excluding diaryl/α,β-unsaturated/α-hetero) is 1. The highest BCUT2D eigenvalue weighted by Gasteiger charge is 2.38. The highest BCUT2D eigenvalue weighted by molar-refractivity contribution is 5.99. The summed E-state index contributed by atoms with van der Waals surface area (Å²) >= 11 is 0. The van der Waals surface area contributed by atoms with Crippen molar-refractivity contribution < 1.29 is 18.0 Å². The predicted octanol–water partition coefficient (Wildman–Crippen LogP) is 3.19. The fraction of sp³-hybridized carbons (Fsp3) is 0.571. The molecule has 1 aliphatic carbocycles. The zero-order valence-electron chi connectivity index (χ0n) is 11.0. The van der Waals surface area contributed by atoms with Gasteiger partial charge in [-0.2, -0.15) is 13.2 Å². The Balaban J connectivity index is 2.33. The molecule has 2 rings (SSSR count). The van der Waals surface area contributed by atoms with Crippen LogP contribution in [-0.2, 0) is 6.18 Å². The van der Waals surface area contributed by atoms with Crippen LogP contribution in [0.15, 0.2) is 18.5 Å². The molecule has 3 nitrogen and oxygen atoms in total. The minimum atomic E-state index is -4.55. The molecule has 0 bridgehead atoms. The maximum atomic E-state index is 12.9. The van der Waals surface area contributed by atoms with Crippen molar-refractivity contribution in [1.82, 2.24) is 4.98 Å². The third-order valence-corrected chi connectivity index (χ3v) is 3.80. The van der Waals surface area contributed by atoms with E-state index in [1.54, 1.807) is 0 Å². The first-order chi connectivity index (χ1) is 9.41. The summed E-state index contributed by atoms with van der Waals surface area (Å²) in [6, 6.07) is 0.474. The zero-order chi connectivity index (χ0) is 14.8. The molecule has 1 heterocycles. The van der Waals surface area contributed by atoms with E-state index < -0.39 is 23.4 Å². The molecule has 0 saturated heterocycles. The third kappa shape index (κ3) is 3.17. The molecule has 1 saturated carbocycles. The lowest BCUT2D eigenvalue weighted by Crippen LogP contribution is -2.35. The van der Waals surface area contributed by atoms with Crippen molar-refractivity contribution in [3.63, 3.8) is 0 Å². The molecule has 0 aromatic carbocycles. The molecule has 0 spiro atoms. The number of carbonyl (C=O) groups excluding carboxylic acids is 1. The van der Waals surface area contributed by atoms with Gasteiger partial charge in [0.1, 0.15) is 0 Å². The zero-order valence-corrected chi connectivity index (χ0v) is 11.0. The number of hydrogen-bond acceptors (Lipinski definition) is 3. The van der Waals surface area contributed by atoms with Crippen molar-refractivity contribution in [3.05, 3.63) is 29.6 Å². The van der Waals surface area contributed by atoms with Gasteiger partial charge in [-0.1, -0.05) is 19.3 Å². The number of nitrogens with zero attached hydrogens (tertiary/aromatic N) is 1. The normalized spacial score (nSPS) is 24.2. The molecule has 1 fully saturated rings. The van der Waals surface area contributed by atoms with E-state index in [1.165, 1.54) is 0 Å². The molecule has 1 aliphatic rings. The van der Waals surface area contributed by atoms with E-state index in [0.29, 0.717) is 12.8 Å². The average Bonchev–Trinajstić information content (AvgIpc) is 2.62. The third-order valence-electron chi connectivity index (χ3n) is 3.80. The van der Waals surface area contributed by atoms with Gasteiger partial charge in [-0.15, -0.1) is 0 Å². The molecule has 0 radical (unpaired) electrons. The van der Waals surface area contributed by atoms with Crippen molar-refractivity contribution in [2.24, 2.45) is 11.7 Å². The lowest BCUT2D eigenvalue weighted by molar-refractivity contribution is -0.138. The van der Waals surface area contributed by atoms with Gasteiger partial charge in [0.2, 0.25) is 0 Å². The molecule has 2 unspecified atom stereocenters. The van der Waals surface area contributed by atoms with Crippen LogP contribution in [-0.4, -0.2) is 16.8 Å².